The first-order valence-electron chi connectivity index (χ1n) is 10.3. The zero-order valence-electron chi connectivity index (χ0n) is 18.8. The quantitative estimate of drug-likeness (QED) is 0.235. The van der Waals surface area contributed by atoms with Gasteiger partial charge in [0.15, 0.2) is 5.96 Å². The number of sulfonamides is 1. The van der Waals surface area contributed by atoms with Crippen molar-refractivity contribution >= 4 is 40.0 Å². The summed E-state index contributed by atoms with van der Waals surface area (Å²) < 4.78 is 31.5. The Morgan fingerprint density at radius 3 is 2.43 bits per heavy atom. The van der Waals surface area contributed by atoms with E-state index in [9.17, 15) is 8.42 Å². The predicted octanol–water partition coefficient (Wildman–Crippen LogP) is 2.96. The van der Waals surface area contributed by atoms with E-state index >= 15 is 0 Å². The van der Waals surface area contributed by atoms with Gasteiger partial charge in [0.2, 0.25) is 10.0 Å². The van der Waals surface area contributed by atoms with Crippen LogP contribution in [0.4, 0.5) is 0 Å². The summed E-state index contributed by atoms with van der Waals surface area (Å²) in [6.07, 6.45) is 1.55. The number of para-hydroxylation sites is 1. The molecule has 2 rings (SSSR count). The zero-order valence-corrected chi connectivity index (χ0v) is 21.9. The number of halogens is 1. The summed E-state index contributed by atoms with van der Waals surface area (Å²) in [4.78, 5) is 4.27. The predicted molar refractivity (Wildman–Crippen MR) is 135 cm³/mol. The minimum Gasteiger partial charge on any atom is -0.491 e. The molecule has 1 saturated heterocycles. The molecule has 0 radical (unpaired) electrons. The third-order valence-corrected chi connectivity index (χ3v) is 7.01. The molecule has 9 heteroatoms. The summed E-state index contributed by atoms with van der Waals surface area (Å²) in [6, 6.07) is 8.35. The van der Waals surface area contributed by atoms with E-state index in [1.165, 1.54) is 5.56 Å². The summed E-state index contributed by atoms with van der Waals surface area (Å²) in [5.74, 6) is 1.79. The number of guanidine groups is 1. The highest BCUT2D eigenvalue weighted by atomic mass is 127. The van der Waals surface area contributed by atoms with E-state index in [0.717, 1.165) is 24.6 Å². The lowest BCUT2D eigenvalue weighted by Crippen LogP contribution is -2.50. The van der Waals surface area contributed by atoms with Crippen LogP contribution in [0.5, 0.6) is 5.75 Å². The van der Waals surface area contributed by atoms with Crippen molar-refractivity contribution in [3.8, 4) is 5.75 Å². The van der Waals surface area contributed by atoms with Crippen LogP contribution in [0.1, 0.15) is 46.1 Å². The molecule has 0 spiro atoms. The van der Waals surface area contributed by atoms with E-state index in [4.69, 9.17) is 4.74 Å². The molecule has 7 nitrogen and oxygen atoms in total. The van der Waals surface area contributed by atoms with Crippen LogP contribution in [0.2, 0.25) is 0 Å². The van der Waals surface area contributed by atoms with E-state index in [1.807, 2.05) is 18.2 Å². The zero-order chi connectivity index (χ0) is 21.5. The van der Waals surface area contributed by atoms with E-state index in [-0.39, 0.29) is 41.2 Å². The van der Waals surface area contributed by atoms with E-state index in [2.05, 4.69) is 42.5 Å². The van der Waals surface area contributed by atoms with Crippen LogP contribution in [0, 0.1) is 0 Å². The molecule has 1 heterocycles. The smallest absolute Gasteiger partial charge is 0.213 e. The Bertz CT molecular complexity index is 786. The molecule has 0 amide bonds. The van der Waals surface area contributed by atoms with Gasteiger partial charge < -0.3 is 15.4 Å². The van der Waals surface area contributed by atoms with Crippen molar-refractivity contribution < 1.29 is 13.2 Å². The molecule has 1 aliphatic heterocycles. The second-order valence-electron chi connectivity index (χ2n) is 8.31. The van der Waals surface area contributed by atoms with Crippen molar-refractivity contribution in [2.75, 3.05) is 39.0 Å². The van der Waals surface area contributed by atoms with Gasteiger partial charge in [-0.05, 0) is 36.8 Å². The number of rotatable bonds is 7. The van der Waals surface area contributed by atoms with Gasteiger partial charge in [-0.3, -0.25) is 4.99 Å². The Kier molecular flexibility index (Phi) is 10.9. The maximum absolute atomic E-state index is 12.0. The van der Waals surface area contributed by atoms with Crippen molar-refractivity contribution in [2.24, 2.45) is 4.99 Å². The first kappa shape index (κ1) is 27.0. The summed E-state index contributed by atoms with van der Waals surface area (Å²) in [5.41, 5.74) is 1.22. The standard InChI is InChI=1S/C21H36N4O3S.HI/c1-6-29(26,27)25-14-11-17(12-15-25)24-20(22-5)23-13-16-28-19-10-8-7-9-18(19)21(2,3)4;/h7-10,17H,6,11-16H2,1-5H3,(H2,22,23,24);1H. The number of nitrogens with zero attached hydrogens (tertiary/aromatic N) is 2. The van der Waals surface area contributed by atoms with Crippen LogP contribution >= 0.6 is 24.0 Å². The number of ether oxygens (including phenoxy) is 1. The molecule has 0 atom stereocenters. The van der Waals surface area contributed by atoms with Gasteiger partial charge >= 0.3 is 0 Å². The molecule has 1 aliphatic rings. The third kappa shape index (κ3) is 7.88. The number of benzene rings is 1. The SMILES string of the molecule is CCS(=O)(=O)N1CCC(NC(=NC)NCCOc2ccccc2C(C)(C)C)CC1.I. The minimum atomic E-state index is -3.09. The minimum absolute atomic E-state index is 0. The topological polar surface area (TPSA) is 83.0 Å². The third-order valence-electron chi connectivity index (χ3n) is 5.12. The van der Waals surface area contributed by atoms with Crippen LogP contribution in [0.25, 0.3) is 0 Å². The van der Waals surface area contributed by atoms with E-state index in [0.29, 0.717) is 26.2 Å². The second kappa shape index (κ2) is 12.1. The summed E-state index contributed by atoms with van der Waals surface area (Å²) >= 11 is 0. The fraction of sp³-hybridized carbons (Fsp3) is 0.667. The molecule has 1 aromatic rings. The van der Waals surface area contributed by atoms with Gasteiger partial charge in [-0.15, -0.1) is 24.0 Å². The molecule has 1 fully saturated rings. The number of hydrogen-bond acceptors (Lipinski definition) is 4. The monoisotopic (exact) mass is 552 g/mol. The largest absolute Gasteiger partial charge is 0.491 e. The first-order valence-corrected chi connectivity index (χ1v) is 12.0. The van der Waals surface area contributed by atoms with Crippen LogP contribution in [-0.4, -0.2) is 63.8 Å². The van der Waals surface area contributed by atoms with Gasteiger partial charge in [-0.1, -0.05) is 39.0 Å². The maximum atomic E-state index is 12.0. The highest BCUT2D eigenvalue weighted by molar-refractivity contribution is 14.0. The molecule has 0 unspecified atom stereocenters. The Morgan fingerprint density at radius 2 is 1.87 bits per heavy atom. The van der Waals surface area contributed by atoms with Gasteiger partial charge in [0, 0.05) is 26.2 Å². The molecule has 2 N–H and O–H groups in total. The van der Waals surface area contributed by atoms with Crippen LogP contribution in [-0.2, 0) is 15.4 Å². The molecule has 0 bridgehead atoms. The fourth-order valence-corrected chi connectivity index (χ4v) is 4.52. The molecular formula is C21H37IN4O3S. The fourth-order valence-electron chi connectivity index (χ4n) is 3.39. The molecule has 0 aromatic heterocycles. The summed E-state index contributed by atoms with van der Waals surface area (Å²) in [7, 11) is -1.36. The molecular weight excluding hydrogens is 515 g/mol. The van der Waals surface area contributed by atoms with E-state index in [1.54, 1.807) is 18.3 Å². The van der Waals surface area contributed by atoms with Gasteiger partial charge in [0.05, 0.1) is 12.3 Å². The highest BCUT2D eigenvalue weighted by Gasteiger charge is 2.27. The Labute approximate surface area is 199 Å². The van der Waals surface area contributed by atoms with Crippen LogP contribution in [0.15, 0.2) is 29.3 Å². The van der Waals surface area contributed by atoms with E-state index < -0.39 is 10.0 Å². The average molecular weight is 553 g/mol. The van der Waals surface area contributed by atoms with Crippen molar-refractivity contribution in [3.05, 3.63) is 29.8 Å². The molecule has 172 valence electrons. The van der Waals surface area contributed by atoms with Crippen molar-refractivity contribution in [1.29, 1.82) is 0 Å². The number of aliphatic imine (C=N–C) groups is 1. The summed E-state index contributed by atoms with van der Waals surface area (Å²) in [6.45, 7) is 10.5. The van der Waals surface area contributed by atoms with Crippen LogP contribution < -0.4 is 15.4 Å². The van der Waals surface area contributed by atoms with Crippen molar-refractivity contribution in [2.45, 2.75) is 52.0 Å². The van der Waals surface area contributed by atoms with Crippen molar-refractivity contribution in [3.63, 3.8) is 0 Å². The normalized spacial score (nSPS) is 16.6. The Morgan fingerprint density at radius 1 is 1.23 bits per heavy atom. The van der Waals surface area contributed by atoms with Gasteiger partial charge in [0.1, 0.15) is 12.4 Å². The van der Waals surface area contributed by atoms with Gasteiger partial charge in [-0.25, -0.2) is 12.7 Å². The van der Waals surface area contributed by atoms with Crippen molar-refractivity contribution in [1.82, 2.24) is 14.9 Å². The lowest BCUT2D eigenvalue weighted by Gasteiger charge is -2.32. The molecule has 1 aromatic carbocycles. The first-order chi connectivity index (χ1) is 13.7. The Hall–Kier alpha value is -1.07. The Balaban J connectivity index is 0.00000450. The highest BCUT2D eigenvalue weighted by Crippen LogP contribution is 2.30. The number of hydrogen-bond donors (Lipinski definition) is 2. The maximum Gasteiger partial charge on any atom is 0.213 e. The second-order valence-corrected chi connectivity index (χ2v) is 10.6. The number of piperidine rings is 1. The molecule has 30 heavy (non-hydrogen) atoms. The molecule has 0 saturated carbocycles. The van der Waals surface area contributed by atoms with Crippen LogP contribution in [0.3, 0.4) is 0 Å². The lowest BCUT2D eigenvalue weighted by molar-refractivity contribution is 0.302. The number of nitrogens with one attached hydrogen (secondary N) is 2. The average Bonchev–Trinajstić information content (AvgIpc) is 2.70. The lowest BCUT2D eigenvalue weighted by atomic mass is 9.86. The van der Waals surface area contributed by atoms with Gasteiger partial charge in [-0.2, -0.15) is 0 Å². The summed E-state index contributed by atoms with van der Waals surface area (Å²) in [5, 5.41) is 6.67. The molecule has 0 aliphatic carbocycles. The van der Waals surface area contributed by atoms with Gasteiger partial charge in [0.25, 0.3) is 0 Å².